The van der Waals surface area contributed by atoms with Gasteiger partial charge in [-0.1, -0.05) is 12.1 Å². The smallest absolute Gasteiger partial charge is 0.416 e. The van der Waals surface area contributed by atoms with E-state index in [2.05, 4.69) is 0 Å². The van der Waals surface area contributed by atoms with E-state index in [0.717, 1.165) is 6.07 Å². The molecule has 0 heterocycles. The van der Waals surface area contributed by atoms with Crippen LogP contribution in [0.1, 0.15) is 29.5 Å². The molecule has 2 aliphatic carbocycles. The van der Waals surface area contributed by atoms with Crippen molar-refractivity contribution < 1.29 is 23.1 Å². The predicted molar refractivity (Wildman–Crippen MR) is 57.2 cm³/mol. The lowest BCUT2D eigenvalue weighted by molar-refractivity contribution is -0.139. The third-order valence-corrected chi connectivity index (χ3v) is 4.21. The molecule has 2 unspecified atom stereocenters. The van der Waals surface area contributed by atoms with Gasteiger partial charge in [0, 0.05) is 5.41 Å². The molecular weight excluding hydrogens is 245 g/mol. The summed E-state index contributed by atoms with van der Waals surface area (Å²) in [7, 11) is 0. The van der Waals surface area contributed by atoms with Gasteiger partial charge >= 0.3 is 12.1 Å². The van der Waals surface area contributed by atoms with E-state index in [0.29, 0.717) is 30.4 Å². The molecule has 1 fully saturated rings. The van der Waals surface area contributed by atoms with Crippen LogP contribution in [0.3, 0.4) is 0 Å². The Labute approximate surface area is 101 Å². The number of carboxylic acids is 1. The third kappa shape index (κ3) is 1.39. The van der Waals surface area contributed by atoms with E-state index in [1.54, 1.807) is 6.07 Å². The van der Waals surface area contributed by atoms with Crippen LogP contribution in [0.25, 0.3) is 0 Å². The fourth-order valence-corrected chi connectivity index (χ4v) is 3.27. The van der Waals surface area contributed by atoms with Crippen molar-refractivity contribution in [1.29, 1.82) is 0 Å². The molecule has 0 aromatic heterocycles. The van der Waals surface area contributed by atoms with Crippen LogP contribution in [0.15, 0.2) is 18.2 Å². The first-order valence-electron chi connectivity index (χ1n) is 5.78. The minimum Gasteiger partial charge on any atom is -0.481 e. The summed E-state index contributed by atoms with van der Waals surface area (Å²) in [4.78, 5) is 11.0. The van der Waals surface area contributed by atoms with Gasteiger partial charge in [-0.2, -0.15) is 13.2 Å². The second kappa shape index (κ2) is 3.28. The minimum absolute atomic E-state index is 0.300. The van der Waals surface area contributed by atoms with Gasteiger partial charge in [-0.25, -0.2) is 0 Å². The van der Waals surface area contributed by atoms with Crippen molar-refractivity contribution in [2.45, 2.75) is 30.9 Å². The van der Waals surface area contributed by atoms with Crippen LogP contribution in [0.2, 0.25) is 0 Å². The fourth-order valence-electron chi connectivity index (χ4n) is 3.27. The van der Waals surface area contributed by atoms with Gasteiger partial charge in [-0.15, -0.1) is 0 Å². The Morgan fingerprint density at radius 1 is 1.39 bits per heavy atom. The number of halogens is 3. The van der Waals surface area contributed by atoms with Crippen LogP contribution in [0.5, 0.6) is 0 Å². The molecule has 3 rings (SSSR count). The van der Waals surface area contributed by atoms with Crippen molar-refractivity contribution in [2.24, 2.45) is 5.92 Å². The maximum Gasteiger partial charge on any atom is 0.416 e. The van der Waals surface area contributed by atoms with Crippen molar-refractivity contribution in [3.63, 3.8) is 0 Å². The van der Waals surface area contributed by atoms with Gasteiger partial charge in [0.05, 0.1) is 11.5 Å². The van der Waals surface area contributed by atoms with E-state index in [9.17, 15) is 18.0 Å². The largest absolute Gasteiger partial charge is 0.481 e. The van der Waals surface area contributed by atoms with E-state index in [-0.39, 0.29) is 0 Å². The summed E-state index contributed by atoms with van der Waals surface area (Å²) < 4.78 is 38.6. The number of hydrogen-bond donors (Lipinski definition) is 1. The maximum absolute atomic E-state index is 12.9. The van der Waals surface area contributed by atoms with E-state index in [1.807, 2.05) is 0 Å². The Morgan fingerprint density at radius 3 is 2.67 bits per heavy atom. The fraction of sp³-hybridized carbons (Fsp3) is 0.462. The standard InChI is InChI=1S/C13H11F3O2/c14-13(15,16)9-3-1-2-8-7(9)4-5-12(8)6-10(12)11(17)18/h1-3,10H,4-6H2,(H,17,18). The summed E-state index contributed by atoms with van der Waals surface area (Å²) in [5, 5.41) is 9.01. The van der Waals surface area contributed by atoms with Gasteiger partial charge in [0.15, 0.2) is 0 Å². The van der Waals surface area contributed by atoms with Gasteiger partial charge in [0.2, 0.25) is 0 Å². The van der Waals surface area contributed by atoms with Crippen LogP contribution >= 0.6 is 0 Å². The molecule has 0 saturated heterocycles. The molecule has 18 heavy (non-hydrogen) atoms. The van der Waals surface area contributed by atoms with Crippen LogP contribution < -0.4 is 0 Å². The molecule has 2 atom stereocenters. The Hall–Kier alpha value is -1.52. The quantitative estimate of drug-likeness (QED) is 0.838. The first-order valence-corrected chi connectivity index (χ1v) is 5.78. The Bertz CT molecular complexity index is 536. The molecule has 1 aromatic rings. The van der Waals surface area contributed by atoms with Gasteiger partial charge < -0.3 is 5.11 Å². The topological polar surface area (TPSA) is 37.3 Å². The molecule has 96 valence electrons. The zero-order valence-corrected chi connectivity index (χ0v) is 9.42. The lowest BCUT2D eigenvalue weighted by Crippen LogP contribution is -2.13. The Kier molecular flexibility index (Phi) is 2.10. The molecule has 2 nitrogen and oxygen atoms in total. The number of benzene rings is 1. The maximum atomic E-state index is 12.9. The molecule has 0 aliphatic heterocycles. The van der Waals surface area contributed by atoms with Crippen LogP contribution in [-0.2, 0) is 22.8 Å². The molecular formula is C13H11F3O2. The number of hydrogen-bond acceptors (Lipinski definition) is 1. The molecule has 0 radical (unpaired) electrons. The van der Waals surface area contributed by atoms with Gasteiger partial charge in [0.25, 0.3) is 0 Å². The molecule has 0 amide bonds. The summed E-state index contributed by atoms with van der Waals surface area (Å²) in [5.74, 6) is -1.41. The number of carbonyl (C=O) groups is 1. The van der Waals surface area contributed by atoms with Crippen LogP contribution in [-0.4, -0.2) is 11.1 Å². The number of fused-ring (bicyclic) bond motifs is 2. The third-order valence-electron chi connectivity index (χ3n) is 4.21. The first-order chi connectivity index (χ1) is 8.36. The molecule has 5 heteroatoms. The summed E-state index contributed by atoms with van der Waals surface area (Å²) in [6.07, 6.45) is -3.04. The predicted octanol–water partition coefficient (Wildman–Crippen LogP) is 2.99. The highest BCUT2D eigenvalue weighted by Gasteiger charge is 2.62. The summed E-state index contributed by atoms with van der Waals surface area (Å²) >= 11 is 0. The lowest BCUT2D eigenvalue weighted by atomic mass is 9.94. The molecule has 0 bridgehead atoms. The lowest BCUT2D eigenvalue weighted by Gasteiger charge is -2.14. The summed E-state index contributed by atoms with van der Waals surface area (Å²) in [6, 6.07) is 4.11. The van der Waals surface area contributed by atoms with Crippen molar-refractivity contribution >= 4 is 5.97 Å². The molecule has 1 saturated carbocycles. The molecule has 1 spiro atoms. The van der Waals surface area contributed by atoms with Gasteiger partial charge in [-0.3, -0.25) is 4.79 Å². The highest BCUT2D eigenvalue weighted by atomic mass is 19.4. The van der Waals surface area contributed by atoms with Crippen molar-refractivity contribution in [3.8, 4) is 0 Å². The van der Waals surface area contributed by atoms with Crippen LogP contribution in [0, 0.1) is 5.92 Å². The van der Waals surface area contributed by atoms with Gasteiger partial charge in [-0.05, 0) is 36.5 Å². The minimum atomic E-state index is -4.36. The first kappa shape index (κ1) is 11.6. The number of rotatable bonds is 1. The zero-order chi connectivity index (χ0) is 13.1. The number of aliphatic carboxylic acids is 1. The van der Waals surface area contributed by atoms with Crippen molar-refractivity contribution in [1.82, 2.24) is 0 Å². The Balaban J connectivity index is 2.08. The average molecular weight is 256 g/mol. The second-order valence-electron chi connectivity index (χ2n) is 5.08. The normalized spacial score (nSPS) is 29.4. The SMILES string of the molecule is O=C(O)C1CC12CCc1c(C(F)(F)F)cccc12. The highest BCUT2D eigenvalue weighted by molar-refractivity contribution is 5.78. The number of alkyl halides is 3. The van der Waals surface area contributed by atoms with Crippen molar-refractivity contribution in [3.05, 3.63) is 34.9 Å². The average Bonchev–Trinajstić information content (AvgIpc) is 2.89. The second-order valence-corrected chi connectivity index (χ2v) is 5.08. The molecule has 1 N–H and O–H groups in total. The monoisotopic (exact) mass is 256 g/mol. The Morgan fingerprint density at radius 2 is 2.11 bits per heavy atom. The van der Waals surface area contributed by atoms with Crippen molar-refractivity contribution in [2.75, 3.05) is 0 Å². The van der Waals surface area contributed by atoms with Crippen LogP contribution in [0.4, 0.5) is 13.2 Å². The van der Waals surface area contributed by atoms with E-state index < -0.39 is 29.0 Å². The van der Waals surface area contributed by atoms with E-state index >= 15 is 0 Å². The zero-order valence-electron chi connectivity index (χ0n) is 9.42. The highest BCUT2D eigenvalue weighted by Crippen LogP contribution is 2.62. The summed E-state index contributed by atoms with van der Waals surface area (Å²) in [5.41, 5.74) is -0.228. The molecule has 2 aliphatic rings. The number of carboxylic acid groups (broad SMARTS) is 1. The molecule has 1 aromatic carbocycles. The van der Waals surface area contributed by atoms with E-state index in [1.165, 1.54) is 6.07 Å². The van der Waals surface area contributed by atoms with Gasteiger partial charge in [0.1, 0.15) is 0 Å². The summed E-state index contributed by atoms with van der Waals surface area (Å²) in [6.45, 7) is 0. The van der Waals surface area contributed by atoms with E-state index in [4.69, 9.17) is 5.11 Å².